The van der Waals surface area contributed by atoms with Crippen LogP contribution in [-0.2, 0) is 14.3 Å². The SMILES string of the molecule is CCCCCCC1(OC(=O)CCCCC(=O)O)CCCCC1. The molecule has 0 saturated heterocycles. The molecule has 0 unspecified atom stereocenters. The second-order valence-electron chi connectivity index (χ2n) is 6.63. The number of ether oxygens (including phenoxy) is 1. The number of carboxylic acid groups (broad SMARTS) is 1. The van der Waals surface area contributed by atoms with E-state index in [0.717, 1.165) is 38.5 Å². The number of aliphatic carboxylic acids is 1. The van der Waals surface area contributed by atoms with Crippen LogP contribution in [0.5, 0.6) is 0 Å². The first-order valence-electron chi connectivity index (χ1n) is 9.01. The minimum atomic E-state index is -0.798. The van der Waals surface area contributed by atoms with Gasteiger partial charge in [0.15, 0.2) is 0 Å². The van der Waals surface area contributed by atoms with Crippen molar-refractivity contribution in [3.63, 3.8) is 0 Å². The quantitative estimate of drug-likeness (QED) is 0.437. The van der Waals surface area contributed by atoms with Crippen molar-refractivity contribution in [2.24, 2.45) is 0 Å². The minimum absolute atomic E-state index is 0.134. The zero-order valence-electron chi connectivity index (χ0n) is 14.1. The number of rotatable bonds is 11. The first-order chi connectivity index (χ1) is 10.6. The van der Waals surface area contributed by atoms with Gasteiger partial charge in [-0.3, -0.25) is 9.59 Å². The van der Waals surface area contributed by atoms with Crippen LogP contribution in [-0.4, -0.2) is 22.6 Å². The molecule has 0 bridgehead atoms. The summed E-state index contributed by atoms with van der Waals surface area (Å²) in [5.74, 6) is -0.934. The Morgan fingerprint density at radius 2 is 1.64 bits per heavy atom. The Labute approximate surface area is 134 Å². The standard InChI is InChI=1S/C18H32O4/c1-2-3-4-8-13-18(14-9-5-10-15-18)22-17(21)12-7-6-11-16(19)20/h2-15H2,1H3,(H,19,20). The summed E-state index contributed by atoms with van der Waals surface area (Å²) in [5, 5.41) is 8.61. The molecule has 1 fully saturated rings. The monoisotopic (exact) mass is 312 g/mol. The zero-order valence-corrected chi connectivity index (χ0v) is 14.1. The normalized spacial score (nSPS) is 17.1. The molecule has 1 aliphatic carbocycles. The van der Waals surface area contributed by atoms with Gasteiger partial charge in [-0.05, 0) is 51.4 Å². The van der Waals surface area contributed by atoms with Crippen LogP contribution in [0.3, 0.4) is 0 Å². The van der Waals surface area contributed by atoms with E-state index in [4.69, 9.17) is 9.84 Å². The number of unbranched alkanes of at least 4 members (excludes halogenated alkanes) is 4. The molecule has 0 amide bonds. The number of esters is 1. The summed E-state index contributed by atoms with van der Waals surface area (Å²) in [6.45, 7) is 2.20. The first-order valence-corrected chi connectivity index (χ1v) is 9.01. The summed E-state index contributed by atoms with van der Waals surface area (Å²) in [4.78, 5) is 22.5. The molecular formula is C18H32O4. The maximum atomic E-state index is 12.1. The summed E-state index contributed by atoms with van der Waals surface area (Å²) in [6.07, 6.45) is 13.0. The third-order valence-corrected chi connectivity index (χ3v) is 4.60. The molecule has 0 heterocycles. The van der Waals surface area contributed by atoms with Crippen molar-refractivity contribution in [3.8, 4) is 0 Å². The molecule has 1 saturated carbocycles. The maximum absolute atomic E-state index is 12.1. The van der Waals surface area contributed by atoms with Gasteiger partial charge in [-0.25, -0.2) is 0 Å². The van der Waals surface area contributed by atoms with Gasteiger partial charge in [-0.1, -0.05) is 32.6 Å². The fourth-order valence-electron chi connectivity index (χ4n) is 3.31. The Kier molecular flexibility index (Phi) is 9.17. The summed E-state index contributed by atoms with van der Waals surface area (Å²) in [7, 11) is 0. The molecule has 0 radical (unpaired) electrons. The van der Waals surface area contributed by atoms with Crippen molar-refractivity contribution in [3.05, 3.63) is 0 Å². The van der Waals surface area contributed by atoms with E-state index in [-0.39, 0.29) is 18.0 Å². The Balaban J connectivity index is 2.36. The zero-order chi connectivity index (χ0) is 16.3. The highest BCUT2D eigenvalue weighted by Crippen LogP contribution is 2.36. The average molecular weight is 312 g/mol. The molecule has 0 aromatic rings. The van der Waals surface area contributed by atoms with Crippen molar-refractivity contribution >= 4 is 11.9 Å². The lowest BCUT2D eigenvalue weighted by atomic mass is 9.81. The molecule has 0 spiro atoms. The molecule has 0 aromatic carbocycles. The minimum Gasteiger partial charge on any atom is -0.481 e. The van der Waals surface area contributed by atoms with Gasteiger partial charge >= 0.3 is 11.9 Å². The van der Waals surface area contributed by atoms with Crippen LogP contribution < -0.4 is 0 Å². The molecule has 22 heavy (non-hydrogen) atoms. The molecule has 1 rings (SSSR count). The second kappa shape index (κ2) is 10.6. The van der Waals surface area contributed by atoms with Gasteiger partial charge in [0.05, 0.1) is 0 Å². The number of carboxylic acids is 1. The number of carbonyl (C=O) groups excluding carboxylic acids is 1. The highest BCUT2D eigenvalue weighted by molar-refractivity contribution is 5.70. The van der Waals surface area contributed by atoms with Gasteiger partial charge < -0.3 is 9.84 Å². The second-order valence-corrected chi connectivity index (χ2v) is 6.63. The predicted molar refractivity (Wildman–Crippen MR) is 86.8 cm³/mol. The average Bonchev–Trinajstić information content (AvgIpc) is 2.49. The lowest BCUT2D eigenvalue weighted by Gasteiger charge is -2.37. The number of hydrogen-bond acceptors (Lipinski definition) is 3. The van der Waals surface area contributed by atoms with E-state index in [9.17, 15) is 9.59 Å². The summed E-state index contributed by atoms with van der Waals surface area (Å²) < 4.78 is 5.88. The van der Waals surface area contributed by atoms with Gasteiger partial charge in [0.1, 0.15) is 5.60 Å². The van der Waals surface area contributed by atoms with Crippen LogP contribution in [0.1, 0.15) is 96.8 Å². The van der Waals surface area contributed by atoms with Gasteiger partial charge in [0.2, 0.25) is 0 Å². The fraction of sp³-hybridized carbons (Fsp3) is 0.889. The van der Waals surface area contributed by atoms with Crippen molar-refractivity contribution in [2.75, 3.05) is 0 Å². The van der Waals surface area contributed by atoms with E-state index in [0.29, 0.717) is 19.3 Å². The molecule has 1 N–H and O–H groups in total. The van der Waals surface area contributed by atoms with Crippen molar-refractivity contribution in [2.45, 2.75) is 102 Å². The fourth-order valence-corrected chi connectivity index (χ4v) is 3.31. The largest absolute Gasteiger partial charge is 0.481 e. The molecule has 0 aromatic heterocycles. The van der Waals surface area contributed by atoms with E-state index >= 15 is 0 Å². The number of carbonyl (C=O) groups is 2. The van der Waals surface area contributed by atoms with E-state index in [2.05, 4.69) is 6.92 Å². The Morgan fingerprint density at radius 1 is 0.955 bits per heavy atom. The van der Waals surface area contributed by atoms with Crippen molar-refractivity contribution < 1.29 is 19.4 Å². The Bertz CT molecular complexity index is 332. The topological polar surface area (TPSA) is 63.6 Å². The molecule has 1 aliphatic rings. The third kappa shape index (κ3) is 7.81. The van der Waals surface area contributed by atoms with Gasteiger partial charge in [-0.2, -0.15) is 0 Å². The predicted octanol–water partition coefficient (Wildman–Crippen LogP) is 4.85. The number of hydrogen-bond donors (Lipinski definition) is 1. The summed E-state index contributed by atoms with van der Waals surface area (Å²) in [6, 6.07) is 0. The smallest absolute Gasteiger partial charge is 0.306 e. The van der Waals surface area contributed by atoms with Crippen molar-refractivity contribution in [1.82, 2.24) is 0 Å². The van der Waals surface area contributed by atoms with Crippen LogP contribution in [0.4, 0.5) is 0 Å². The Hall–Kier alpha value is -1.06. The van der Waals surface area contributed by atoms with Crippen LogP contribution in [0.15, 0.2) is 0 Å². The molecular weight excluding hydrogens is 280 g/mol. The first kappa shape index (κ1) is 19.0. The maximum Gasteiger partial charge on any atom is 0.306 e. The lowest BCUT2D eigenvalue weighted by Crippen LogP contribution is -2.37. The van der Waals surface area contributed by atoms with Crippen molar-refractivity contribution in [1.29, 1.82) is 0 Å². The molecule has 128 valence electrons. The third-order valence-electron chi connectivity index (χ3n) is 4.60. The highest BCUT2D eigenvalue weighted by Gasteiger charge is 2.35. The van der Waals surface area contributed by atoms with Crippen LogP contribution in [0.25, 0.3) is 0 Å². The van der Waals surface area contributed by atoms with E-state index in [1.807, 2.05) is 0 Å². The molecule has 4 nitrogen and oxygen atoms in total. The van der Waals surface area contributed by atoms with Gasteiger partial charge in [-0.15, -0.1) is 0 Å². The summed E-state index contributed by atoms with van der Waals surface area (Å²) >= 11 is 0. The van der Waals surface area contributed by atoms with Crippen LogP contribution >= 0.6 is 0 Å². The molecule has 4 heteroatoms. The summed E-state index contributed by atoms with van der Waals surface area (Å²) in [5.41, 5.74) is -0.226. The van der Waals surface area contributed by atoms with Gasteiger partial charge in [0, 0.05) is 12.8 Å². The molecule has 0 aliphatic heterocycles. The van der Waals surface area contributed by atoms with E-state index < -0.39 is 5.97 Å². The van der Waals surface area contributed by atoms with Crippen LogP contribution in [0.2, 0.25) is 0 Å². The van der Waals surface area contributed by atoms with Gasteiger partial charge in [0.25, 0.3) is 0 Å². The van der Waals surface area contributed by atoms with Crippen LogP contribution in [0, 0.1) is 0 Å². The van der Waals surface area contributed by atoms with E-state index in [1.54, 1.807) is 0 Å². The lowest BCUT2D eigenvalue weighted by molar-refractivity contribution is -0.164. The van der Waals surface area contributed by atoms with E-state index in [1.165, 1.54) is 25.7 Å². The highest BCUT2D eigenvalue weighted by atomic mass is 16.6. The molecule has 0 atom stereocenters. The Morgan fingerprint density at radius 3 is 2.27 bits per heavy atom.